The van der Waals surface area contributed by atoms with Crippen LogP contribution in [0.4, 0.5) is 0 Å². The molecular formula is C19H32N2O. The van der Waals surface area contributed by atoms with Gasteiger partial charge in [-0.2, -0.15) is 0 Å². The third kappa shape index (κ3) is 7.60. The van der Waals surface area contributed by atoms with Crippen LogP contribution < -0.4 is 11.1 Å². The first-order valence-electron chi connectivity index (χ1n) is 8.75. The lowest BCUT2D eigenvalue weighted by molar-refractivity contribution is -0.121. The zero-order chi connectivity index (χ0) is 16.2. The number of hydrogen-bond donors (Lipinski definition) is 2. The molecule has 1 rings (SSSR count). The largest absolute Gasteiger partial charge is 0.350 e. The number of amides is 1. The number of carbonyl (C=O) groups is 1. The monoisotopic (exact) mass is 304 g/mol. The molecule has 1 amide bonds. The molecule has 3 heteroatoms. The van der Waals surface area contributed by atoms with Gasteiger partial charge in [0, 0.05) is 13.0 Å². The van der Waals surface area contributed by atoms with Crippen LogP contribution in [-0.4, -0.2) is 5.91 Å². The first-order chi connectivity index (χ1) is 10.7. The summed E-state index contributed by atoms with van der Waals surface area (Å²) in [6.07, 6.45) is 9.31. The Balaban J connectivity index is 2.18. The molecule has 1 aromatic carbocycles. The van der Waals surface area contributed by atoms with E-state index >= 15 is 0 Å². The van der Waals surface area contributed by atoms with Gasteiger partial charge in [0.1, 0.15) is 0 Å². The average molecular weight is 304 g/mol. The first kappa shape index (κ1) is 18.7. The van der Waals surface area contributed by atoms with E-state index in [-0.39, 0.29) is 11.9 Å². The highest BCUT2D eigenvalue weighted by molar-refractivity contribution is 5.76. The first-order valence-corrected chi connectivity index (χ1v) is 8.75. The fourth-order valence-corrected chi connectivity index (χ4v) is 2.58. The fourth-order valence-electron chi connectivity index (χ4n) is 2.58. The maximum Gasteiger partial charge on any atom is 0.220 e. The minimum atomic E-state index is 0.0591. The van der Waals surface area contributed by atoms with Crippen molar-refractivity contribution < 1.29 is 4.79 Å². The molecule has 0 bridgehead atoms. The van der Waals surface area contributed by atoms with Crippen LogP contribution in [0, 0.1) is 0 Å². The Morgan fingerprint density at radius 2 is 1.64 bits per heavy atom. The maximum atomic E-state index is 12.0. The Hall–Kier alpha value is -1.35. The van der Waals surface area contributed by atoms with Crippen LogP contribution in [0.2, 0.25) is 0 Å². The van der Waals surface area contributed by atoms with E-state index in [4.69, 9.17) is 5.73 Å². The molecular weight excluding hydrogens is 272 g/mol. The number of hydrogen-bond acceptors (Lipinski definition) is 2. The van der Waals surface area contributed by atoms with Crippen molar-refractivity contribution in [1.82, 2.24) is 5.32 Å². The van der Waals surface area contributed by atoms with Crippen LogP contribution in [0.3, 0.4) is 0 Å². The van der Waals surface area contributed by atoms with Crippen LogP contribution in [0.15, 0.2) is 24.3 Å². The summed E-state index contributed by atoms with van der Waals surface area (Å²) < 4.78 is 0. The van der Waals surface area contributed by atoms with Gasteiger partial charge in [0.2, 0.25) is 5.91 Å². The highest BCUT2D eigenvalue weighted by Crippen LogP contribution is 2.14. The quantitative estimate of drug-likeness (QED) is 0.593. The van der Waals surface area contributed by atoms with Gasteiger partial charge in [-0.05, 0) is 24.5 Å². The highest BCUT2D eigenvalue weighted by Gasteiger charge is 2.09. The van der Waals surface area contributed by atoms with Crippen molar-refractivity contribution in [1.29, 1.82) is 0 Å². The number of unbranched alkanes of at least 4 members (excludes halogenated alkanes) is 6. The smallest absolute Gasteiger partial charge is 0.220 e. The summed E-state index contributed by atoms with van der Waals surface area (Å²) in [6, 6.07) is 8.19. The molecule has 0 aliphatic carbocycles. The third-order valence-electron chi connectivity index (χ3n) is 4.10. The number of benzene rings is 1. The molecule has 0 aliphatic heterocycles. The Morgan fingerprint density at radius 3 is 2.23 bits per heavy atom. The van der Waals surface area contributed by atoms with Crippen LogP contribution >= 0.6 is 0 Å². The van der Waals surface area contributed by atoms with Crippen molar-refractivity contribution >= 4 is 5.91 Å². The van der Waals surface area contributed by atoms with Crippen molar-refractivity contribution in [3.05, 3.63) is 35.4 Å². The van der Waals surface area contributed by atoms with E-state index in [2.05, 4.69) is 12.2 Å². The Kier molecular flexibility index (Phi) is 9.56. The summed E-state index contributed by atoms with van der Waals surface area (Å²) in [6.45, 7) is 4.81. The number of rotatable bonds is 11. The molecule has 0 aliphatic rings. The fraction of sp³-hybridized carbons (Fsp3) is 0.632. The summed E-state index contributed by atoms with van der Waals surface area (Å²) in [5, 5.41) is 3.07. The molecule has 3 N–H and O–H groups in total. The predicted molar refractivity (Wildman–Crippen MR) is 93.5 cm³/mol. The molecule has 0 heterocycles. The minimum absolute atomic E-state index is 0.0591. The molecule has 1 unspecified atom stereocenters. The zero-order valence-electron chi connectivity index (χ0n) is 14.2. The molecule has 0 aromatic heterocycles. The van der Waals surface area contributed by atoms with Gasteiger partial charge in [-0.15, -0.1) is 0 Å². The van der Waals surface area contributed by atoms with E-state index in [0.717, 1.165) is 24.0 Å². The standard InChI is InChI=1S/C19H32N2O/c1-3-4-5-6-7-8-9-10-19(22)21-16(2)18-13-11-17(15-20)12-14-18/h11-14,16H,3-10,15,20H2,1-2H3,(H,21,22). The van der Waals surface area contributed by atoms with Gasteiger partial charge in [0.15, 0.2) is 0 Å². The van der Waals surface area contributed by atoms with Crippen LogP contribution in [0.5, 0.6) is 0 Å². The lowest BCUT2D eigenvalue weighted by atomic mass is 10.1. The lowest BCUT2D eigenvalue weighted by Gasteiger charge is -2.14. The van der Waals surface area contributed by atoms with E-state index < -0.39 is 0 Å². The number of nitrogens with two attached hydrogens (primary N) is 1. The number of carbonyl (C=O) groups excluding carboxylic acids is 1. The van der Waals surface area contributed by atoms with Crippen molar-refractivity contribution in [3.8, 4) is 0 Å². The van der Waals surface area contributed by atoms with Gasteiger partial charge in [-0.3, -0.25) is 4.79 Å². The van der Waals surface area contributed by atoms with Gasteiger partial charge < -0.3 is 11.1 Å². The summed E-state index contributed by atoms with van der Waals surface area (Å²) in [4.78, 5) is 12.0. The molecule has 0 saturated carbocycles. The molecule has 124 valence electrons. The topological polar surface area (TPSA) is 55.1 Å². The van der Waals surface area contributed by atoms with E-state index in [1.54, 1.807) is 0 Å². The molecule has 1 aromatic rings. The Labute approximate surface area is 135 Å². The van der Waals surface area contributed by atoms with E-state index in [9.17, 15) is 4.79 Å². The van der Waals surface area contributed by atoms with E-state index in [1.165, 1.54) is 32.1 Å². The Morgan fingerprint density at radius 1 is 1.05 bits per heavy atom. The van der Waals surface area contributed by atoms with Gasteiger partial charge in [-0.1, -0.05) is 69.7 Å². The second kappa shape index (κ2) is 11.2. The SMILES string of the molecule is CCCCCCCCCC(=O)NC(C)c1ccc(CN)cc1. The normalized spacial score (nSPS) is 12.1. The van der Waals surface area contributed by atoms with Gasteiger partial charge in [0.25, 0.3) is 0 Å². The van der Waals surface area contributed by atoms with Crippen LogP contribution in [-0.2, 0) is 11.3 Å². The average Bonchev–Trinajstić information content (AvgIpc) is 2.54. The number of nitrogens with one attached hydrogen (secondary N) is 1. The maximum absolute atomic E-state index is 12.0. The second-order valence-electron chi connectivity index (χ2n) is 6.11. The molecule has 1 atom stereocenters. The van der Waals surface area contributed by atoms with Crippen molar-refractivity contribution in [2.24, 2.45) is 5.73 Å². The summed E-state index contributed by atoms with van der Waals surface area (Å²) in [5.41, 5.74) is 7.84. The zero-order valence-corrected chi connectivity index (χ0v) is 14.2. The van der Waals surface area contributed by atoms with Crippen molar-refractivity contribution in [2.45, 2.75) is 77.8 Å². The minimum Gasteiger partial charge on any atom is -0.350 e. The molecule has 0 fully saturated rings. The highest BCUT2D eigenvalue weighted by atomic mass is 16.1. The van der Waals surface area contributed by atoms with Gasteiger partial charge in [-0.25, -0.2) is 0 Å². The molecule has 0 spiro atoms. The van der Waals surface area contributed by atoms with Crippen molar-refractivity contribution in [2.75, 3.05) is 0 Å². The summed E-state index contributed by atoms with van der Waals surface area (Å²) in [5.74, 6) is 0.156. The van der Waals surface area contributed by atoms with E-state index in [1.807, 2.05) is 31.2 Å². The van der Waals surface area contributed by atoms with Crippen LogP contribution in [0.25, 0.3) is 0 Å². The molecule has 0 radical (unpaired) electrons. The lowest BCUT2D eigenvalue weighted by Crippen LogP contribution is -2.26. The van der Waals surface area contributed by atoms with Gasteiger partial charge in [0.05, 0.1) is 6.04 Å². The summed E-state index contributed by atoms with van der Waals surface area (Å²) >= 11 is 0. The van der Waals surface area contributed by atoms with E-state index in [0.29, 0.717) is 13.0 Å². The van der Waals surface area contributed by atoms with Gasteiger partial charge >= 0.3 is 0 Å². The molecule has 0 saturated heterocycles. The van der Waals surface area contributed by atoms with Crippen molar-refractivity contribution in [3.63, 3.8) is 0 Å². The predicted octanol–water partition coefficient (Wildman–Crippen LogP) is 4.46. The molecule has 22 heavy (non-hydrogen) atoms. The summed E-state index contributed by atoms with van der Waals surface area (Å²) in [7, 11) is 0. The Bertz CT molecular complexity index is 414. The third-order valence-corrected chi connectivity index (χ3v) is 4.10. The molecule has 3 nitrogen and oxygen atoms in total. The second-order valence-corrected chi connectivity index (χ2v) is 6.11. The van der Waals surface area contributed by atoms with Crippen LogP contribution in [0.1, 0.15) is 82.4 Å².